The van der Waals surface area contributed by atoms with Gasteiger partial charge < -0.3 is 4.74 Å². The zero-order valence-corrected chi connectivity index (χ0v) is 9.88. The monoisotopic (exact) mass is 258 g/mol. The molecule has 2 nitrogen and oxygen atoms in total. The average Bonchev–Trinajstić information content (AvgIpc) is 3.10. The summed E-state index contributed by atoms with van der Waals surface area (Å²) in [5, 5.41) is 0. The van der Waals surface area contributed by atoms with Gasteiger partial charge in [-0.25, -0.2) is 4.39 Å². The fraction of sp³-hybridized carbons (Fsp3) is 0.462. The molecule has 98 valence electrons. The van der Waals surface area contributed by atoms with Crippen LogP contribution in [0.25, 0.3) is 0 Å². The van der Waals surface area contributed by atoms with E-state index in [1.807, 2.05) is 0 Å². The van der Waals surface area contributed by atoms with E-state index in [2.05, 4.69) is 0 Å². The molecular formula is C13H13F3O2. The van der Waals surface area contributed by atoms with Gasteiger partial charge in [0.15, 0.2) is 5.78 Å². The molecule has 0 bridgehead atoms. The lowest BCUT2D eigenvalue weighted by molar-refractivity contribution is -0.0894. The van der Waals surface area contributed by atoms with E-state index in [4.69, 9.17) is 4.74 Å². The van der Waals surface area contributed by atoms with Gasteiger partial charge in [0, 0.05) is 0 Å². The van der Waals surface area contributed by atoms with E-state index < -0.39 is 29.7 Å². The summed E-state index contributed by atoms with van der Waals surface area (Å²) in [6, 6.07) is 3.43. The van der Waals surface area contributed by atoms with Gasteiger partial charge in [-0.2, -0.15) is 8.78 Å². The molecule has 1 aliphatic rings. The van der Waals surface area contributed by atoms with Crippen molar-refractivity contribution in [3.05, 3.63) is 35.1 Å². The molecule has 0 spiro atoms. The van der Waals surface area contributed by atoms with Crippen LogP contribution in [0.4, 0.5) is 13.2 Å². The third-order valence-corrected chi connectivity index (χ3v) is 2.80. The maximum absolute atomic E-state index is 13.8. The van der Waals surface area contributed by atoms with Gasteiger partial charge in [0.25, 0.3) is 5.92 Å². The number of carbonyl (C=O) groups excluding carboxylic acids is 1. The SMILES string of the molecule is CC(=O)c1cccc(C(F)(F)COC2CC2)c1F. The Kier molecular flexibility index (Phi) is 3.43. The highest BCUT2D eigenvalue weighted by Crippen LogP contribution is 2.34. The van der Waals surface area contributed by atoms with E-state index in [9.17, 15) is 18.0 Å². The largest absolute Gasteiger partial charge is 0.372 e. The highest BCUT2D eigenvalue weighted by Gasteiger charge is 2.38. The first-order chi connectivity index (χ1) is 8.42. The zero-order chi connectivity index (χ0) is 13.3. The van der Waals surface area contributed by atoms with Crippen molar-refractivity contribution in [1.82, 2.24) is 0 Å². The lowest BCUT2D eigenvalue weighted by atomic mass is 10.0. The number of halogens is 3. The Morgan fingerprint density at radius 1 is 1.44 bits per heavy atom. The van der Waals surface area contributed by atoms with Crippen LogP contribution in [0.5, 0.6) is 0 Å². The summed E-state index contributed by atoms with van der Waals surface area (Å²) in [5.74, 6) is -5.15. The number of ketones is 1. The van der Waals surface area contributed by atoms with Crippen LogP contribution in [0.3, 0.4) is 0 Å². The molecule has 0 aliphatic heterocycles. The first-order valence-electron chi connectivity index (χ1n) is 5.71. The maximum atomic E-state index is 13.8. The Hall–Kier alpha value is -1.36. The highest BCUT2D eigenvalue weighted by atomic mass is 19.3. The second-order valence-electron chi connectivity index (χ2n) is 4.44. The van der Waals surface area contributed by atoms with Gasteiger partial charge in [-0.1, -0.05) is 6.07 Å². The summed E-state index contributed by atoms with van der Waals surface area (Å²) >= 11 is 0. The molecule has 1 saturated carbocycles. The third-order valence-electron chi connectivity index (χ3n) is 2.80. The minimum atomic E-state index is -3.42. The fourth-order valence-corrected chi connectivity index (χ4v) is 1.62. The first kappa shape index (κ1) is 13.1. The number of alkyl halides is 2. The van der Waals surface area contributed by atoms with E-state index >= 15 is 0 Å². The smallest absolute Gasteiger partial charge is 0.298 e. The number of ether oxygens (including phenoxy) is 1. The molecule has 0 amide bonds. The summed E-state index contributed by atoms with van der Waals surface area (Å²) < 4.78 is 46.3. The Balaban J connectivity index is 2.24. The van der Waals surface area contributed by atoms with Gasteiger partial charge in [0.05, 0.1) is 17.2 Å². The van der Waals surface area contributed by atoms with Crippen LogP contribution in [0, 0.1) is 5.82 Å². The standard InChI is InChI=1S/C13H13F3O2/c1-8(17)10-3-2-4-11(12(10)14)13(15,16)7-18-9-5-6-9/h2-4,9H,5-7H2,1H3. The van der Waals surface area contributed by atoms with Gasteiger partial charge in [0.2, 0.25) is 0 Å². The molecule has 18 heavy (non-hydrogen) atoms. The molecule has 0 radical (unpaired) electrons. The number of hydrogen-bond donors (Lipinski definition) is 0. The topological polar surface area (TPSA) is 26.3 Å². The van der Waals surface area contributed by atoms with Crippen molar-refractivity contribution >= 4 is 5.78 Å². The predicted octanol–water partition coefficient (Wildman–Crippen LogP) is 3.30. The summed E-state index contributed by atoms with van der Waals surface area (Å²) in [7, 11) is 0. The van der Waals surface area contributed by atoms with Gasteiger partial charge in [-0.05, 0) is 31.9 Å². The average molecular weight is 258 g/mol. The second kappa shape index (κ2) is 4.72. The summed E-state index contributed by atoms with van der Waals surface area (Å²) in [4.78, 5) is 11.1. The van der Waals surface area contributed by atoms with Crippen LogP contribution in [0.2, 0.25) is 0 Å². The van der Waals surface area contributed by atoms with E-state index in [1.165, 1.54) is 12.1 Å². The van der Waals surface area contributed by atoms with E-state index in [1.54, 1.807) is 0 Å². The molecule has 0 atom stereocenters. The Morgan fingerprint density at radius 3 is 2.67 bits per heavy atom. The molecule has 1 aromatic rings. The van der Waals surface area contributed by atoms with Gasteiger partial charge in [-0.3, -0.25) is 4.79 Å². The Labute approximate surface area is 103 Å². The first-order valence-corrected chi connectivity index (χ1v) is 5.71. The Bertz CT molecular complexity index is 467. The molecule has 0 N–H and O–H groups in total. The molecule has 2 rings (SSSR count). The molecule has 5 heteroatoms. The van der Waals surface area contributed by atoms with E-state index in [-0.39, 0.29) is 11.7 Å². The van der Waals surface area contributed by atoms with Crippen molar-refractivity contribution < 1.29 is 22.7 Å². The molecule has 0 aromatic heterocycles. The number of carbonyl (C=O) groups is 1. The lowest BCUT2D eigenvalue weighted by Gasteiger charge is -2.18. The molecular weight excluding hydrogens is 245 g/mol. The van der Waals surface area contributed by atoms with Crippen LogP contribution < -0.4 is 0 Å². The minimum Gasteiger partial charge on any atom is -0.372 e. The Morgan fingerprint density at radius 2 is 2.11 bits per heavy atom. The molecule has 1 fully saturated rings. The van der Waals surface area contributed by atoms with Gasteiger partial charge >= 0.3 is 0 Å². The quantitative estimate of drug-likeness (QED) is 0.757. The van der Waals surface area contributed by atoms with Crippen molar-refractivity contribution in [2.45, 2.75) is 31.8 Å². The number of rotatable bonds is 5. The zero-order valence-electron chi connectivity index (χ0n) is 9.88. The van der Waals surface area contributed by atoms with Crippen LogP contribution in [-0.2, 0) is 10.7 Å². The van der Waals surface area contributed by atoms with Crippen LogP contribution in [0.15, 0.2) is 18.2 Å². The maximum Gasteiger partial charge on any atom is 0.298 e. The van der Waals surface area contributed by atoms with Crippen molar-refractivity contribution in [1.29, 1.82) is 0 Å². The minimum absolute atomic E-state index is 0.130. The molecule has 1 aromatic carbocycles. The predicted molar refractivity (Wildman–Crippen MR) is 59.3 cm³/mol. The van der Waals surface area contributed by atoms with Crippen molar-refractivity contribution in [3.63, 3.8) is 0 Å². The van der Waals surface area contributed by atoms with Crippen LogP contribution >= 0.6 is 0 Å². The van der Waals surface area contributed by atoms with E-state index in [0.29, 0.717) is 0 Å². The van der Waals surface area contributed by atoms with Crippen molar-refractivity contribution in [3.8, 4) is 0 Å². The summed E-state index contributed by atoms with van der Waals surface area (Å²) in [6.45, 7) is 0.289. The van der Waals surface area contributed by atoms with Crippen LogP contribution in [-0.4, -0.2) is 18.5 Å². The van der Waals surface area contributed by atoms with Gasteiger partial charge in [-0.15, -0.1) is 0 Å². The third kappa shape index (κ3) is 2.72. The number of hydrogen-bond acceptors (Lipinski definition) is 2. The number of Topliss-reactive ketones (excluding diaryl/α,β-unsaturated/α-hetero) is 1. The molecule has 0 unspecified atom stereocenters. The van der Waals surface area contributed by atoms with Gasteiger partial charge in [0.1, 0.15) is 12.4 Å². The summed E-state index contributed by atoms with van der Waals surface area (Å²) in [6.07, 6.45) is 1.41. The van der Waals surface area contributed by atoms with Crippen LogP contribution in [0.1, 0.15) is 35.7 Å². The molecule has 0 heterocycles. The second-order valence-corrected chi connectivity index (χ2v) is 4.44. The summed E-state index contributed by atoms with van der Waals surface area (Å²) in [5.41, 5.74) is -1.10. The van der Waals surface area contributed by atoms with Crippen molar-refractivity contribution in [2.75, 3.05) is 6.61 Å². The number of benzene rings is 1. The van der Waals surface area contributed by atoms with Crippen molar-refractivity contribution in [2.24, 2.45) is 0 Å². The fourth-order valence-electron chi connectivity index (χ4n) is 1.62. The molecule has 1 aliphatic carbocycles. The lowest BCUT2D eigenvalue weighted by Crippen LogP contribution is -2.24. The molecule has 0 saturated heterocycles. The highest BCUT2D eigenvalue weighted by molar-refractivity contribution is 5.94. The normalized spacial score (nSPS) is 15.8. The van der Waals surface area contributed by atoms with E-state index in [0.717, 1.165) is 25.8 Å².